The molecule has 1 atom stereocenters. The number of para-hydroxylation sites is 2. The third-order valence-electron chi connectivity index (χ3n) is 9.30. The molecule has 0 radical (unpaired) electrons. The minimum Gasteiger partial charge on any atom is -1.00 e. The molecule has 1 N–H and O–H groups in total. The van der Waals surface area contributed by atoms with Gasteiger partial charge in [-0.2, -0.15) is 0 Å². The number of aliphatic hydroxyl groups is 1. The molecule has 2 aromatic heterocycles. The van der Waals surface area contributed by atoms with E-state index in [4.69, 9.17) is 0 Å². The molecule has 2 fully saturated rings. The molecule has 54 heavy (non-hydrogen) atoms. The van der Waals surface area contributed by atoms with E-state index < -0.39 is 5.60 Å². The average Bonchev–Trinajstić information content (AvgIpc) is 4.18. The average molecular weight is 786 g/mol. The van der Waals surface area contributed by atoms with E-state index in [2.05, 4.69) is 27.0 Å². The van der Waals surface area contributed by atoms with Gasteiger partial charge in [-0.25, -0.2) is 22.2 Å². The Labute approximate surface area is 340 Å². The summed E-state index contributed by atoms with van der Waals surface area (Å²) in [5.74, 6) is 0.244. The van der Waals surface area contributed by atoms with Gasteiger partial charge >= 0.3 is 23.1 Å². The van der Waals surface area contributed by atoms with Gasteiger partial charge in [0.15, 0.2) is 5.78 Å². The van der Waals surface area contributed by atoms with Crippen LogP contribution >= 0.6 is 0 Å². The zero-order chi connectivity index (χ0) is 35.3. The van der Waals surface area contributed by atoms with Crippen LogP contribution in [0.3, 0.4) is 0 Å². The Morgan fingerprint density at radius 2 is 1.06 bits per heavy atom. The predicted molar refractivity (Wildman–Crippen MR) is 209 cm³/mol. The fraction of sp³-hybridized carbons (Fsp3) is 0.136. The molecule has 0 spiro atoms. The van der Waals surface area contributed by atoms with Crippen molar-refractivity contribution in [2.24, 2.45) is 5.92 Å². The van der Waals surface area contributed by atoms with Crippen LogP contribution in [-0.2, 0) is 5.60 Å². The number of carbonyl (C=O) groups excluding carboxylic acids is 1. The van der Waals surface area contributed by atoms with Crippen LogP contribution in [-0.4, -0.2) is 63.9 Å². The van der Waals surface area contributed by atoms with Gasteiger partial charge in [-0.1, -0.05) is 114 Å². The molecule has 0 amide bonds. The van der Waals surface area contributed by atoms with Crippen LogP contribution in [0.5, 0.6) is 0 Å². The van der Waals surface area contributed by atoms with E-state index in [-0.39, 0.29) is 51.7 Å². The molecule has 1 unspecified atom stereocenters. The Balaban J connectivity index is 0.000000166. The number of fused-ring (bicyclic) bond motifs is 2. The van der Waals surface area contributed by atoms with Crippen molar-refractivity contribution >= 4 is 50.9 Å². The van der Waals surface area contributed by atoms with Crippen molar-refractivity contribution in [3.63, 3.8) is 0 Å². The van der Waals surface area contributed by atoms with Crippen molar-refractivity contribution in [3.05, 3.63) is 186 Å². The van der Waals surface area contributed by atoms with Gasteiger partial charge in [-0.15, -0.1) is 10.2 Å². The smallest absolute Gasteiger partial charge is 1.00 e. The van der Waals surface area contributed by atoms with Gasteiger partial charge in [0, 0.05) is 11.1 Å². The normalized spacial score (nSPS) is 13.9. The molecule has 10 rings (SSSR count). The van der Waals surface area contributed by atoms with Crippen LogP contribution in [0.2, 0.25) is 0 Å². The van der Waals surface area contributed by atoms with Crippen molar-refractivity contribution in [3.8, 4) is 11.4 Å². The van der Waals surface area contributed by atoms with E-state index in [9.17, 15) is 9.90 Å². The summed E-state index contributed by atoms with van der Waals surface area (Å²) in [5, 5.41) is 28.7. The molecule has 0 saturated heterocycles. The van der Waals surface area contributed by atoms with E-state index in [1.165, 1.54) is 12.8 Å². The number of ketones is 1. The molecule has 10 heteroatoms. The van der Waals surface area contributed by atoms with Crippen molar-refractivity contribution in [2.75, 3.05) is 0 Å². The number of benzene rings is 6. The Hall–Kier alpha value is -5.00. The molecule has 2 heterocycles. The second-order valence-corrected chi connectivity index (χ2v) is 13.0. The fourth-order valence-corrected chi connectivity index (χ4v) is 6.33. The van der Waals surface area contributed by atoms with E-state index in [1.54, 1.807) is 10.7 Å². The van der Waals surface area contributed by atoms with Gasteiger partial charge in [-0.3, -0.25) is 4.79 Å². The molecule has 6 aromatic carbocycles. The van der Waals surface area contributed by atoms with Gasteiger partial charge < -0.3 is 28.5 Å². The van der Waals surface area contributed by atoms with Gasteiger partial charge in [0.1, 0.15) is 16.6 Å². The summed E-state index contributed by atoms with van der Waals surface area (Å²) in [6.07, 6.45) is 7.08. The number of halogens is 1. The fourth-order valence-electron chi connectivity index (χ4n) is 6.33. The summed E-state index contributed by atoms with van der Waals surface area (Å²) in [4.78, 5) is 12.5. The number of nitrogens with zero attached hydrogens (tertiary/aromatic N) is 6. The van der Waals surface area contributed by atoms with Crippen molar-refractivity contribution < 1.29 is 26.9 Å². The van der Waals surface area contributed by atoms with Crippen LogP contribution in [0.25, 0.3) is 33.4 Å². The molecule has 8 nitrogen and oxygen atoms in total. The van der Waals surface area contributed by atoms with E-state index >= 15 is 0 Å². The number of rotatable bonds is 7. The minimum absolute atomic E-state index is 0. The van der Waals surface area contributed by atoms with Crippen LogP contribution in [0.4, 0.5) is 0 Å². The monoisotopic (exact) mass is 784 g/mol. The molecule has 2 aliphatic carbocycles. The maximum atomic E-state index is 12.5. The van der Waals surface area contributed by atoms with Crippen LogP contribution < -0.4 is 17.0 Å². The van der Waals surface area contributed by atoms with E-state index in [0.29, 0.717) is 16.6 Å². The van der Waals surface area contributed by atoms with Crippen LogP contribution in [0.1, 0.15) is 52.7 Å². The summed E-state index contributed by atoms with van der Waals surface area (Å²) >= 11 is 0. The molecular weight excluding hydrogens is 749 g/mol. The summed E-state index contributed by atoms with van der Waals surface area (Å²) in [6.45, 7) is 0. The zero-order valence-corrected chi connectivity index (χ0v) is 32.6. The summed E-state index contributed by atoms with van der Waals surface area (Å²) < 4.78 is 3.60. The third kappa shape index (κ3) is 8.37. The molecular formula is C44H37BrMgN6O2. The number of aromatic nitrogens is 6. The largest absolute Gasteiger partial charge is 2.00 e. The Morgan fingerprint density at radius 3 is 1.56 bits per heavy atom. The minimum atomic E-state index is -0.966. The number of hydrogen-bond acceptors (Lipinski definition) is 6. The van der Waals surface area contributed by atoms with E-state index in [1.807, 2.05) is 156 Å². The molecule has 0 bridgehead atoms. The Bertz CT molecular complexity index is 2430. The Morgan fingerprint density at radius 1 is 0.593 bits per heavy atom. The molecule has 2 aliphatic rings. The zero-order valence-electron chi connectivity index (χ0n) is 29.6. The molecule has 2 saturated carbocycles. The first-order chi connectivity index (χ1) is 25.6. The van der Waals surface area contributed by atoms with Gasteiger partial charge in [0.05, 0.1) is 22.4 Å². The quantitative estimate of drug-likeness (QED) is 0.134. The van der Waals surface area contributed by atoms with Crippen molar-refractivity contribution in [1.82, 2.24) is 30.0 Å². The van der Waals surface area contributed by atoms with Crippen molar-refractivity contribution in [1.29, 1.82) is 0 Å². The second-order valence-electron chi connectivity index (χ2n) is 13.0. The molecule has 264 valence electrons. The van der Waals surface area contributed by atoms with E-state index in [0.717, 1.165) is 51.9 Å². The number of carbonyl (C=O) groups is 1. The van der Waals surface area contributed by atoms with Gasteiger partial charge in [0.25, 0.3) is 0 Å². The molecule has 0 aliphatic heterocycles. The summed E-state index contributed by atoms with van der Waals surface area (Å²) in [7, 11) is 0. The first-order valence-electron chi connectivity index (χ1n) is 17.6. The van der Waals surface area contributed by atoms with Crippen LogP contribution in [0.15, 0.2) is 158 Å². The SMILES string of the molecule is O=C(c1ccccc1)c1ccc2c(c1)nnn2-c1ccccc1.OC(c1ccccc1)(c1ccc2c(c1)nnn2-c1ccccc1)C1CC1.[Br-].[CH-]1CC1.[Mg+2]. The van der Waals surface area contributed by atoms with Crippen molar-refractivity contribution in [2.45, 2.75) is 31.3 Å². The third-order valence-corrected chi connectivity index (χ3v) is 9.30. The standard InChI is InChI=1S/C22H19N3O.C19H13N3O.C3H5.BrH.Mg/c26-22(17-11-12-17,16-7-3-1-4-8-16)18-13-14-21-20(15-18)23-24-25(21)19-9-5-2-6-10-19;23-19(14-7-3-1-4-8-14)15-11-12-18-17(13-15)20-21-22(18)16-9-5-2-6-10-16;1-2-3-1;;/h1-10,13-15,17,26H,11-12H2;1-13H;1H,2-3H2;1H;/q;;-1;;+2/p-1. The summed E-state index contributed by atoms with van der Waals surface area (Å²) in [5.41, 5.74) is 7.37. The summed E-state index contributed by atoms with van der Waals surface area (Å²) in [6, 6.07) is 50.4. The maximum Gasteiger partial charge on any atom is 2.00 e. The number of hydrogen-bond donors (Lipinski definition) is 1. The van der Waals surface area contributed by atoms with Crippen LogP contribution in [0, 0.1) is 12.3 Å². The first-order valence-corrected chi connectivity index (χ1v) is 17.6. The predicted octanol–water partition coefficient (Wildman–Crippen LogP) is 5.33. The molecule has 8 aromatic rings. The Kier molecular flexibility index (Phi) is 12.5. The first kappa shape index (κ1) is 38.7. The maximum absolute atomic E-state index is 12.5. The topological polar surface area (TPSA) is 98.7 Å². The second kappa shape index (κ2) is 17.4. The van der Waals surface area contributed by atoms with Gasteiger partial charge in [0.2, 0.25) is 0 Å². The van der Waals surface area contributed by atoms with Gasteiger partial charge in [-0.05, 0) is 84.5 Å².